The molecule has 0 bridgehead atoms. The zero-order valence-corrected chi connectivity index (χ0v) is 5.92. The Bertz CT molecular complexity index is 172. The van der Waals surface area contributed by atoms with E-state index in [9.17, 15) is 4.79 Å². The number of ketones is 1. The summed E-state index contributed by atoms with van der Waals surface area (Å²) in [7, 11) is 0. The number of carbonyl (C=O) groups is 1. The Labute approximate surface area is 60.8 Å². The van der Waals surface area contributed by atoms with Crippen molar-refractivity contribution in [3.8, 4) is 0 Å². The summed E-state index contributed by atoms with van der Waals surface area (Å²) in [5, 5.41) is 0. The van der Waals surface area contributed by atoms with E-state index in [1.807, 2.05) is 17.1 Å². The lowest BCUT2D eigenvalue weighted by Crippen LogP contribution is -2.32. The normalized spacial score (nSPS) is 19.4. The van der Waals surface area contributed by atoms with Crippen LogP contribution in [0.1, 0.15) is 0 Å². The first-order valence-electron chi connectivity index (χ1n) is 3.35. The molecule has 0 radical (unpaired) electrons. The summed E-state index contributed by atoms with van der Waals surface area (Å²) in [5.74, 6) is 0.188. The maximum absolute atomic E-state index is 10.8. The van der Waals surface area contributed by atoms with E-state index < -0.39 is 0 Å². The predicted octanol–water partition coefficient (Wildman–Crippen LogP) is 0.613. The van der Waals surface area contributed by atoms with Crippen LogP contribution in [0.2, 0.25) is 0 Å². The van der Waals surface area contributed by atoms with Crippen molar-refractivity contribution in [3.63, 3.8) is 0 Å². The van der Waals surface area contributed by atoms with Gasteiger partial charge < -0.3 is 0 Å². The van der Waals surface area contributed by atoms with Gasteiger partial charge in [-0.15, -0.1) is 6.58 Å². The molecule has 0 N–H and O–H groups in total. The topological polar surface area (TPSA) is 20.3 Å². The lowest BCUT2D eigenvalue weighted by Gasteiger charge is -2.19. The fourth-order valence-corrected chi connectivity index (χ4v) is 0.993. The predicted molar refractivity (Wildman–Crippen MR) is 40.8 cm³/mol. The second-order valence-corrected chi connectivity index (χ2v) is 2.35. The van der Waals surface area contributed by atoms with Gasteiger partial charge in [0.1, 0.15) is 0 Å². The molecule has 0 fully saturated rings. The summed E-state index contributed by atoms with van der Waals surface area (Å²) >= 11 is 0. The minimum atomic E-state index is 0.188. The number of rotatable bonds is 2. The van der Waals surface area contributed by atoms with Gasteiger partial charge in [0.2, 0.25) is 0 Å². The van der Waals surface area contributed by atoms with Crippen LogP contribution in [0, 0.1) is 0 Å². The van der Waals surface area contributed by atoms with Crippen molar-refractivity contribution < 1.29 is 4.79 Å². The molecular weight excluding hydrogens is 126 g/mol. The number of carbonyl (C=O) groups excluding carboxylic acids is 1. The Morgan fingerprint density at radius 2 is 2.60 bits per heavy atom. The Balaban J connectivity index is 2.43. The first kappa shape index (κ1) is 7.22. The van der Waals surface area contributed by atoms with Crippen molar-refractivity contribution in [2.75, 3.05) is 19.6 Å². The molecule has 0 amide bonds. The molecule has 0 aromatic carbocycles. The van der Waals surface area contributed by atoms with Gasteiger partial charge in [-0.1, -0.05) is 12.2 Å². The molecule has 2 heteroatoms. The highest BCUT2D eigenvalue weighted by Crippen LogP contribution is 1.96. The summed E-state index contributed by atoms with van der Waals surface area (Å²) < 4.78 is 0. The quantitative estimate of drug-likeness (QED) is 0.520. The van der Waals surface area contributed by atoms with Crippen LogP contribution in [0.5, 0.6) is 0 Å². The van der Waals surface area contributed by atoms with E-state index in [-0.39, 0.29) is 5.78 Å². The van der Waals surface area contributed by atoms with Crippen molar-refractivity contribution in [2.24, 2.45) is 0 Å². The van der Waals surface area contributed by atoms with Crippen LogP contribution in [0.4, 0.5) is 0 Å². The van der Waals surface area contributed by atoms with Crippen molar-refractivity contribution in [3.05, 3.63) is 24.8 Å². The highest BCUT2D eigenvalue weighted by molar-refractivity contribution is 5.92. The van der Waals surface area contributed by atoms with Crippen LogP contribution in [-0.2, 0) is 4.79 Å². The van der Waals surface area contributed by atoms with Crippen molar-refractivity contribution >= 4 is 5.78 Å². The maximum atomic E-state index is 10.8. The largest absolute Gasteiger partial charge is 0.293 e. The second-order valence-electron chi connectivity index (χ2n) is 2.35. The number of nitrogens with zero attached hydrogens (tertiary/aromatic N) is 1. The van der Waals surface area contributed by atoms with E-state index in [2.05, 4.69) is 6.58 Å². The molecule has 1 aliphatic heterocycles. The average Bonchev–Trinajstić information content (AvgIpc) is 1.88. The van der Waals surface area contributed by atoms with Gasteiger partial charge >= 0.3 is 0 Å². The lowest BCUT2D eigenvalue weighted by atomic mass is 10.2. The first-order chi connectivity index (χ1) is 4.83. The standard InChI is InChI=1S/C8H11NO/c1-2-5-9-6-3-4-8(10)7-9/h2-4H,1,5-7H2. The molecule has 0 saturated carbocycles. The third-order valence-corrected chi connectivity index (χ3v) is 1.43. The third kappa shape index (κ3) is 1.81. The summed E-state index contributed by atoms with van der Waals surface area (Å²) in [5.41, 5.74) is 0. The molecule has 0 aliphatic carbocycles. The first-order valence-corrected chi connectivity index (χ1v) is 3.35. The van der Waals surface area contributed by atoms with Gasteiger partial charge in [0.15, 0.2) is 5.78 Å². The monoisotopic (exact) mass is 137 g/mol. The van der Waals surface area contributed by atoms with Crippen LogP contribution >= 0.6 is 0 Å². The lowest BCUT2D eigenvalue weighted by molar-refractivity contribution is -0.115. The van der Waals surface area contributed by atoms with Crippen molar-refractivity contribution in [2.45, 2.75) is 0 Å². The Kier molecular flexibility index (Phi) is 2.40. The fourth-order valence-electron chi connectivity index (χ4n) is 0.993. The summed E-state index contributed by atoms with van der Waals surface area (Å²) in [4.78, 5) is 12.8. The fraction of sp³-hybridized carbons (Fsp3) is 0.375. The SMILES string of the molecule is C=CCN1CC=CC(=O)C1. The van der Waals surface area contributed by atoms with Crippen LogP contribution in [0.3, 0.4) is 0 Å². The molecule has 0 aromatic heterocycles. The smallest absolute Gasteiger partial charge is 0.169 e. The van der Waals surface area contributed by atoms with Crippen molar-refractivity contribution in [1.82, 2.24) is 4.90 Å². The van der Waals surface area contributed by atoms with Gasteiger partial charge in [-0.05, 0) is 6.08 Å². The zero-order valence-electron chi connectivity index (χ0n) is 5.92. The molecule has 0 unspecified atom stereocenters. The average molecular weight is 137 g/mol. The van der Waals surface area contributed by atoms with E-state index in [1.54, 1.807) is 6.08 Å². The maximum Gasteiger partial charge on any atom is 0.169 e. The van der Waals surface area contributed by atoms with Gasteiger partial charge in [0.05, 0.1) is 6.54 Å². The molecule has 54 valence electrons. The van der Waals surface area contributed by atoms with E-state index >= 15 is 0 Å². The van der Waals surface area contributed by atoms with Crippen LogP contribution in [-0.4, -0.2) is 30.3 Å². The zero-order chi connectivity index (χ0) is 7.40. The molecule has 1 aliphatic rings. The Morgan fingerprint density at radius 3 is 3.20 bits per heavy atom. The van der Waals surface area contributed by atoms with Crippen LogP contribution in [0.15, 0.2) is 24.8 Å². The molecular formula is C8H11NO. The third-order valence-electron chi connectivity index (χ3n) is 1.43. The highest BCUT2D eigenvalue weighted by Gasteiger charge is 2.08. The summed E-state index contributed by atoms with van der Waals surface area (Å²) in [6, 6.07) is 0. The van der Waals surface area contributed by atoms with Crippen LogP contribution in [0.25, 0.3) is 0 Å². The molecule has 0 saturated heterocycles. The molecule has 0 aromatic rings. The Hall–Kier alpha value is -0.890. The minimum absolute atomic E-state index is 0.188. The molecule has 10 heavy (non-hydrogen) atoms. The Morgan fingerprint density at radius 1 is 1.80 bits per heavy atom. The van der Waals surface area contributed by atoms with E-state index in [4.69, 9.17) is 0 Å². The second kappa shape index (κ2) is 3.32. The van der Waals surface area contributed by atoms with Gasteiger partial charge in [-0.3, -0.25) is 9.69 Å². The van der Waals surface area contributed by atoms with E-state index in [0.29, 0.717) is 6.54 Å². The molecule has 0 spiro atoms. The summed E-state index contributed by atoms with van der Waals surface area (Å²) in [6.45, 7) is 5.82. The van der Waals surface area contributed by atoms with Gasteiger partial charge in [-0.2, -0.15) is 0 Å². The minimum Gasteiger partial charge on any atom is -0.293 e. The molecule has 1 rings (SSSR count). The summed E-state index contributed by atoms with van der Waals surface area (Å²) in [6.07, 6.45) is 5.33. The molecule has 1 heterocycles. The van der Waals surface area contributed by atoms with Crippen LogP contribution < -0.4 is 0 Å². The number of hydrogen-bond donors (Lipinski definition) is 0. The number of hydrogen-bond acceptors (Lipinski definition) is 2. The van der Waals surface area contributed by atoms with Gasteiger partial charge in [0.25, 0.3) is 0 Å². The highest BCUT2D eigenvalue weighted by atomic mass is 16.1. The molecule has 0 atom stereocenters. The van der Waals surface area contributed by atoms with E-state index in [0.717, 1.165) is 13.1 Å². The van der Waals surface area contributed by atoms with Gasteiger partial charge in [0, 0.05) is 13.1 Å². The van der Waals surface area contributed by atoms with E-state index in [1.165, 1.54) is 0 Å². The van der Waals surface area contributed by atoms with Gasteiger partial charge in [-0.25, -0.2) is 0 Å². The van der Waals surface area contributed by atoms with Crippen molar-refractivity contribution in [1.29, 1.82) is 0 Å². The molecule has 2 nitrogen and oxygen atoms in total.